The number of fused-ring (bicyclic) bond motifs is 1. The number of rotatable bonds is 1. The monoisotopic (exact) mass is 195 g/mol. The van der Waals surface area contributed by atoms with Crippen LogP contribution in [-0.4, -0.2) is 28.9 Å². The SMILES string of the molecule is COC(=O)c1cnn2c1CNC(C)C2. The molecule has 1 aromatic rings. The van der Waals surface area contributed by atoms with E-state index in [9.17, 15) is 4.79 Å². The molecule has 1 aromatic heterocycles. The van der Waals surface area contributed by atoms with Crippen molar-refractivity contribution < 1.29 is 9.53 Å². The zero-order valence-electron chi connectivity index (χ0n) is 8.28. The summed E-state index contributed by atoms with van der Waals surface area (Å²) in [6, 6.07) is 0.396. The van der Waals surface area contributed by atoms with E-state index in [2.05, 4.69) is 22.1 Å². The fraction of sp³-hybridized carbons (Fsp3) is 0.556. The number of nitrogens with zero attached hydrogens (tertiary/aromatic N) is 2. The predicted octanol–water partition coefficient (Wildman–Crippen LogP) is 0.161. The second-order valence-corrected chi connectivity index (χ2v) is 3.46. The second-order valence-electron chi connectivity index (χ2n) is 3.46. The number of carbonyl (C=O) groups is 1. The van der Waals surface area contributed by atoms with E-state index in [1.807, 2.05) is 4.68 Å². The maximum Gasteiger partial charge on any atom is 0.341 e. The third-order valence-corrected chi connectivity index (χ3v) is 2.42. The molecule has 5 heteroatoms. The molecule has 1 aliphatic heterocycles. The first-order valence-electron chi connectivity index (χ1n) is 4.58. The summed E-state index contributed by atoms with van der Waals surface area (Å²) in [6.45, 7) is 3.56. The standard InChI is InChI=1S/C9H13N3O2/c1-6-5-12-8(4-10-6)7(3-11-12)9(13)14-2/h3,6,10H,4-5H2,1-2H3. The van der Waals surface area contributed by atoms with Crippen LogP contribution in [0.3, 0.4) is 0 Å². The molecular formula is C9H13N3O2. The van der Waals surface area contributed by atoms with Crippen molar-refractivity contribution in [2.75, 3.05) is 7.11 Å². The lowest BCUT2D eigenvalue weighted by Gasteiger charge is -2.22. The van der Waals surface area contributed by atoms with Gasteiger partial charge in [0, 0.05) is 12.6 Å². The number of nitrogens with one attached hydrogen (secondary N) is 1. The van der Waals surface area contributed by atoms with Gasteiger partial charge in [0.15, 0.2) is 0 Å². The van der Waals surface area contributed by atoms with Gasteiger partial charge in [-0.1, -0.05) is 0 Å². The Labute approximate surface area is 82.0 Å². The van der Waals surface area contributed by atoms with Crippen LogP contribution in [-0.2, 0) is 17.8 Å². The van der Waals surface area contributed by atoms with Gasteiger partial charge in [0.2, 0.25) is 0 Å². The van der Waals surface area contributed by atoms with Crippen molar-refractivity contribution in [3.05, 3.63) is 17.5 Å². The normalized spacial score (nSPS) is 20.3. The van der Waals surface area contributed by atoms with Crippen LogP contribution in [0.25, 0.3) is 0 Å². The molecule has 0 saturated heterocycles. The van der Waals surface area contributed by atoms with Crippen LogP contribution in [0.15, 0.2) is 6.20 Å². The summed E-state index contributed by atoms with van der Waals surface area (Å²) >= 11 is 0. The van der Waals surface area contributed by atoms with E-state index < -0.39 is 0 Å². The molecule has 76 valence electrons. The Morgan fingerprint density at radius 3 is 3.29 bits per heavy atom. The number of hydrogen-bond donors (Lipinski definition) is 1. The van der Waals surface area contributed by atoms with Gasteiger partial charge in [-0.15, -0.1) is 0 Å². The van der Waals surface area contributed by atoms with Crippen LogP contribution in [0.2, 0.25) is 0 Å². The highest BCUT2D eigenvalue weighted by molar-refractivity contribution is 5.90. The van der Waals surface area contributed by atoms with Gasteiger partial charge in [-0.05, 0) is 6.92 Å². The van der Waals surface area contributed by atoms with E-state index >= 15 is 0 Å². The van der Waals surface area contributed by atoms with Crippen molar-refractivity contribution in [2.24, 2.45) is 0 Å². The van der Waals surface area contributed by atoms with Crippen molar-refractivity contribution in [3.8, 4) is 0 Å². The van der Waals surface area contributed by atoms with E-state index in [-0.39, 0.29) is 5.97 Å². The lowest BCUT2D eigenvalue weighted by molar-refractivity contribution is 0.0598. The fourth-order valence-electron chi connectivity index (χ4n) is 1.63. The van der Waals surface area contributed by atoms with Crippen LogP contribution in [0.1, 0.15) is 23.0 Å². The Hall–Kier alpha value is -1.36. The van der Waals surface area contributed by atoms with Crippen molar-refractivity contribution in [3.63, 3.8) is 0 Å². The first-order chi connectivity index (χ1) is 6.72. The molecule has 5 nitrogen and oxygen atoms in total. The maximum absolute atomic E-state index is 11.3. The van der Waals surface area contributed by atoms with E-state index in [4.69, 9.17) is 0 Å². The van der Waals surface area contributed by atoms with Crippen LogP contribution in [0.4, 0.5) is 0 Å². The molecule has 1 N–H and O–H groups in total. The molecule has 0 saturated carbocycles. The Morgan fingerprint density at radius 2 is 2.57 bits per heavy atom. The topological polar surface area (TPSA) is 56.1 Å². The molecule has 0 amide bonds. The quantitative estimate of drug-likeness (QED) is 0.649. The minimum atomic E-state index is -0.317. The largest absolute Gasteiger partial charge is 0.465 e. The number of hydrogen-bond acceptors (Lipinski definition) is 4. The molecule has 1 aliphatic rings. The summed E-state index contributed by atoms with van der Waals surface area (Å²) in [5.74, 6) is -0.317. The lowest BCUT2D eigenvalue weighted by atomic mass is 10.2. The Bertz CT molecular complexity index is 359. The molecular weight excluding hydrogens is 182 g/mol. The van der Waals surface area contributed by atoms with Gasteiger partial charge in [0.1, 0.15) is 5.56 Å². The molecule has 2 rings (SSSR count). The lowest BCUT2D eigenvalue weighted by Crippen LogP contribution is -2.37. The van der Waals surface area contributed by atoms with Crippen LogP contribution >= 0.6 is 0 Å². The number of carbonyl (C=O) groups excluding carboxylic acids is 1. The van der Waals surface area contributed by atoms with Crippen molar-refractivity contribution >= 4 is 5.97 Å². The number of ether oxygens (including phenoxy) is 1. The highest BCUT2D eigenvalue weighted by Crippen LogP contribution is 2.14. The van der Waals surface area contributed by atoms with Crippen LogP contribution in [0.5, 0.6) is 0 Å². The summed E-state index contributed by atoms with van der Waals surface area (Å²) in [5.41, 5.74) is 1.47. The smallest absolute Gasteiger partial charge is 0.341 e. The van der Waals surface area contributed by atoms with Crippen molar-refractivity contribution in [2.45, 2.75) is 26.1 Å². The average Bonchev–Trinajstić information content (AvgIpc) is 2.59. The third kappa shape index (κ3) is 1.39. The second kappa shape index (κ2) is 3.42. The maximum atomic E-state index is 11.3. The molecule has 14 heavy (non-hydrogen) atoms. The third-order valence-electron chi connectivity index (χ3n) is 2.42. The number of esters is 1. The molecule has 0 fully saturated rings. The first kappa shape index (κ1) is 9.21. The minimum absolute atomic E-state index is 0.317. The summed E-state index contributed by atoms with van der Waals surface area (Å²) in [5, 5.41) is 7.43. The molecule has 1 atom stereocenters. The molecule has 0 radical (unpaired) electrons. The van der Waals surface area contributed by atoms with Gasteiger partial charge >= 0.3 is 5.97 Å². The van der Waals surface area contributed by atoms with Gasteiger partial charge in [0.05, 0.1) is 25.5 Å². The average molecular weight is 195 g/mol. The molecule has 1 unspecified atom stereocenters. The predicted molar refractivity (Wildman–Crippen MR) is 49.9 cm³/mol. The van der Waals surface area contributed by atoms with Gasteiger partial charge < -0.3 is 10.1 Å². The van der Waals surface area contributed by atoms with E-state index in [1.54, 1.807) is 6.20 Å². The Morgan fingerprint density at radius 1 is 1.79 bits per heavy atom. The Balaban J connectivity index is 2.33. The van der Waals surface area contributed by atoms with Crippen LogP contribution in [0, 0.1) is 0 Å². The minimum Gasteiger partial charge on any atom is -0.465 e. The van der Waals surface area contributed by atoms with E-state index in [0.29, 0.717) is 18.2 Å². The highest BCUT2D eigenvalue weighted by atomic mass is 16.5. The van der Waals surface area contributed by atoms with Crippen molar-refractivity contribution in [1.29, 1.82) is 0 Å². The summed E-state index contributed by atoms with van der Waals surface area (Å²) < 4.78 is 6.52. The van der Waals surface area contributed by atoms with Crippen molar-refractivity contribution in [1.82, 2.24) is 15.1 Å². The van der Waals surface area contributed by atoms with Gasteiger partial charge in [-0.3, -0.25) is 4.68 Å². The zero-order valence-corrected chi connectivity index (χ0v) is 8.28. The molecule has 0 aliphatic carbocycles. The number of methoxy groups -OCH3 is 1. The summed E-state index contributed by atoms with van der Waals surface area (Å²) in [7, 11) is 1.38. The fourth-order valence-corrected chi connectivity index (χ4v) is 1.63. The molecule has 0 bridgehead atoms. The van der Waals surface area contributed by atoms with Crippen LogP contribution < -0.4 is 5.32 Å². The summed E-state index contributed by atoms with van der Waals surface area (Å²) in [6.07, 6.45) is 1.57. The molecule has 2 heterocycles. The van der Waals surface area contributed by atoms with Gasteiger partial charge in [0.25, 0.3) is 0 Å². The van der Waals surface area contributed by atoms with Gasteiger partial charge in [-0.2, -0.15) is 5.10 Å². The first-order valence-corrected chi connectivity index (χ1v) is 4.58. The van der Waals surface area contributed by atoms with E-state index in [0.717, 1.165) is 12.2 Å². The zero-order chi connectivity index (χ0) is 10.1. The number of aromatic nitrogens is 2. The Kier molecular flexibility index (Phi) is 2.25. The summed E-state index contributed by atoms with van der Waals surface area (Å²) in [4.78, 5) is 11.3. The highest BCUT2D eigenvalue weighted by Gasteiger charge is 2.22. The van der Waals surface area contributed by atoms with E-state index in [1.165, 1.54) is 7.11 Å². The molecule has 0 spiro atoms. The molecule has 0 aromatic carbocycles. The van der Waals surface area contributed by atoms with Gasteiger partial charge in [-0.25, -0.2) is 4.79 Å².